The van der Waals surface area contributed by atoms with Crippen LogP contribution in [0.2, 0.25) is 0 Å². The maximum absolute atomic E-state index is 12.9. The molecule has 3 unspecified atom stereocenters. The average Bonchev–Trinajstić information content (AvgIpc) is 2.70. The van der Waals surface area contributed by atoms with Gasteiger partial charge in [0.2, 0.25) is 0 Å². The summed E-state index contributed by atoms with van der Waals surface area (Å²) in [7, 11) is 0. The zero-order valence-corrected chi connectivity index (χ0v) is 17.2. The smallest absolute Gasteiger partial charge is 0.334 e. The zero-order valence-electron chi connectivity index (χ0n) is 17.2. The van der Waals surface area contributed by atoms with Crippen LogP contribution in [0.25, 0.3) is 0 Å². The van der Waals surface area contributed by atoms with Crippen molar-refractivity contribution >= 4 is 23.3 Å². The number of piperidine rings is 1. The molecule has 1 fully saturated rings. The molecule has 0 spiro atoms. The number of benzene rings is 2. The summed E-state index contributed by atoms with van der Waals surface area (Å²) in [6.45, 7) is 4.11. The number of anilines is 2. The van der Waals surface area contributed by atoms with E-state index in [4.69, 9.17) is 0 Å². The number of hydrogen-bond acceptors (Lipinski definition) is 3. The van der Waals surface area contributed by atoms with Gasteiger partial charge in [0.15, 0.2) is 0 Å². The van der Waals surface area contributed by atoms with Crippen molar-refractivity contribution in [3.05, 3.63) is 59.7 Å². The highest BCUT2D eigenvalue weighted by molar-refractivity contribution is 6.05. The summed E-state index contributed by atoms with van der Waals surface area (Å²) in [5.74, 6) is -0.581. The van der Waals surface area contributed by atoms with Crippen LogP contribution in [0.4, 0.5) is 29.3 Å². The molecule has 31 heavy (non-hydrogen) atoms. The maximum atomic E-state index is 12.9. The molecule has 0 saturated carbocycles. The molecule has 1 aliphatic heterocycles. The number of halogens is 3. The van der Waals surface area contributed by atoms with Crippen molar-refractivity contribution in [2.75, 3.05) is 10.6 Å². The monoisotopic (exact) mass is 434 g/mol. The van der Waals surface area contributed by atoms with E-state index in [0.29, 0.717) is 11.7 Å². The van der Waals surface area contributed by atoms with Crippen molar-refractivity contribution in [2.24, 2.45) is 0 Å². The van der Waals surface area contributed by atoms with Gasteiger partial charge in [0.25, 0.3) is 5.91 Å². The van der Waals surface area contributed by atoms with Crippen molar-refractivity contribution in [1.82, 2.24) is 10.6 Å². The van der Waals surface area contributed by atoms with Gasteiger partial charge in [-0.05, 0) is 63.1 Å². The second kappa shape index (κ2) is 9.38. The summed E-state index contributed by atoms with van der Waals surface area (Å²) in [6, 6.07) is 10.7. The second-order valence-corrected chi connectivity index (χ2v) is 7.75. The fourth-order valence-corrected chi connectivity index (χ4v) is 3.58. The van der Waals surface area contributed by atoms with Gasteiger partial charge in [-0.25, -0.2) is 4.79 Å². The highest BCUT2D eigenvalue weighted by Gasteiger charge is 2.30. The van der Waals surface area contributed by atoms with Crippen molar-refractivity contribution in [3.8, 4) is 0 Å². The van der Waals surface area contributed by atoms with Gasteiger partial charge < -0.3 is 21.3 Å². The molecule has 3 rings (SSSR count). The Balaban J connectivity index is 1.62. The van der Waals surface area contributed by atoms with Crippen molar-refractivity contribution < 1.29 is 22.8 Å². The predicted octanol–water partition coefficient (Wildman–Crippen LogP) is 4.61. The van der Waals surface area contributed by atoms with Crippen LogP contribution in [0.1, 0.15) is 42.6 Å². The molecule has 2 aromatic carbocycles. The molecular weight excluding hydrogens is 409 g/mol. The molecule has 9 heteroatoms. The summed E-state index contributed by atoms with van der Waals surface area (Å²) >= 11 is 0. The third-order valence-electron chi connectivity index (χ3n) is 5.21. The molecule has 6 nitrogen and oxygen atoms in total. The Labute approximate surface area is 178 Å². The quantitative estimate of drug-likeness (QED) is 0.567. The van der Waals surface area contributed by atoms with Gasteiger partial charge in [-0.2, -0.15) is 13.2 Å². The van der Waals surface area contributed by atoms with Gasteiger partial charge in [0.1, 0.15) is 0 Å². The van der Waals surface area contributed by atoms with Gasteiger partial charge in [0.05, 0.1) is 5.56 Å². The molecular formula is C22H25F3N4O2. The predicted molar refractivity (Wildman–Crippen MR) is 113 cm³/mol. The first kappa shape index (κ1) is 22.6. The van der Waals surface area contributed by atoms with Crippen LogP contribution < -0.4 is 21.3 Å². The molecule has 0 aromatic heterocycles. The van der Waals surface area contributed by atoms with Crippen LogP contribution >= 0.6 is 0 Å². The van der Waals surface area contributed by atoms with Crippen LogP contribution in [0.5, 0.6) is 0 Å². The molecule has 3 atom stereocenters. The van der Waals surface area contributed by atoms with Crippen LogP contribution in [0, 0.1) is 0 Å². The number of hydrogen-bond donors (Lipinski definition) is 4. The Hall–Kier alpha value is -3.07. The lowest BCUT2D eigenvalue weighted by Crippen LogP contribution is -2.55. The van der Waals surface area contributed by atoms with E-state index in [2.05, 4.69) is 28.2 Å². The summed E-state index contributed by atoms with van der Waals surface area (Å²) in [5.41, 5.74) is -0.210. The van der Waals surface area contributed by atoms with E-state index in [1.807, 2.05) is 6.92 Å². The minimum Gasteiger partial charge on any atom is -0.334 e. The first-order valence-corrected chi connectivity index (χ1v) is 10.0. The molecule has 3 amide bonds. The third-order valence-corrected chi connectivity index (χ3v) is 5.21. The minimum atomic E-state index is -4.50. The molecule has 2 aromatic rings. The average molecular weight is 434 g/mol. The fraction of sp³-hybridized carbons (Fsp3) is 0.364. The van der Waals surface area contributed by atoms with E-state index in [9.17, 15) is 22.8 Å². The highest BCUT2D eigenvalue weighted by atomic mass is 19.4. The lowest BCUT2D eigenvalue weighted by Gasteiger charge is -2.34. The number of alkyl halides is 3. The molecule has 4 N–H and O–H groups in total. The number of urea groups is 1. The lowest BCUT2D eigenvalue weighted by atomic mass is 9.95. The van der Waals surface area contributed by atoms with Crippen molar-refractivity contribution in [2.45, 2.75) is 51.0 Å². The topological polar surface area (TPSA) is 82.3 Å². The second-order valence-electron chi connectivity index (χ2n) is 7.75. The molecule has 0 aliphatic carbocycles. The Morgan fingerprint density at radius 2 is 1.65 bits per heavy atom. The third kappa shape index (κ3) is 6.21. The van der Waals surface area contributed by atoms with Gasteiger partial charge in [-0.1, -0.05) is 12.1 Å². The van der Waals surface area contributed by atoms with Crippen molar-refractivity contribution in [3.63, 3.8) is 0 Å². The summed E-state index contributed by atoms with van der Waals surface area (Å²) < 4.78 is 38.6. The SMILES string of the molecule is CC1CCC(NC(=O)Nc2cccc(C(=O)Nc3cccc(C(F)(F)F)c3)c2)C(C)N1. The standard InChI is InChI=1S/C22H25F3N4O2/c1-13-9-10-19(14(2)26-13)29-21(31)28-17-7-3-5-15(11-17)20(30)27-18-8-4-6-16(12-18)22(23,24)25/h3-8,11-14,19,26H,9-10H2,1-2H3,(H,27,30)(H2,28,29,31). The van der Waals surface area contributed by atoms with E-state index in [-0.39, 0.29) is 29.4 Å². The van der Waals surface area contributed by atoms with Gasteiger partial charge >= 0.3 is 12.2 Å². The first-order valence-electron chi connectivity index (χ1n) is 10.0. The van der Waals surface area contributed by atoms with E-state index in [0.717, 1.165) is 25.0 Å². The molecule has 1 saturated heterocycles. The molecule has 1 heterocycles. The fourth-order valence-electron chi connectivity index (χ4n) is 3.58. The largest absolute Gasteiger partial charge is 0.416 e. The maximum Gasteiger partial charge on any atom is 0.416 e. The first-order chi connectivity index (χ1) is 14.6. The Kier molecular flexibility index (Phi) is 6.84. The molecule has 1 aliphatic rings. The van der Waals surface area contributed by atoms with Crippen LogP contribution in [0.3, 0.4) is 0 Å². The van der Waals surface area contributed by atoms with Gasteiger partial charge in [-0.15, -0.1) is 0 Å². The zero-order chi connectivity index (χ0) is 22.6. The van der Waals surface area contributed by atoms with Gasteiger partial charge in [0, 0.05) is 35.1 Å². The number of rotatable bonds is 4. The van der Waals surface area contributed by atoms with Crippen LogP contribution in [-0.4, -0.2) is 30.1 Å². The Morgan fingerprint density at radius 1 is 0.968 bits per heavy atom. The lowest BCUT2D eigenvalue weighted by molar-refractivity contribution is -0.137. The summed E-state index contributed by atoms with van der Waals surface area (Å²) in [6.07, 6.45) is -2.68. The number of carbonyl (C=O) groups excluding carboxylic acids is 2. The normalized spacial score (nSPS) is 21.3. The molecule has 0 bridgehead atoms. The summed E-state index contributed by atoms with van der Waals surface area (Å²) in [4.78, 5) is 24.8. The number of carbonyl (C=O) groups is 2. The number of nitrogens with one attached hydrogen (secondary N) is 4. The van der Waals surface area contributed by atoms with E-state index < -0.39 is 17.6 Å². The van der Waals surface area contributed by atoms with Crippen molar-refractivity contribution in [1.29, 1.82) is 0 Å². The number of amides is 3. The highest BCUT2D eigenvalue weighted by Crippen LogP contribution is 2.30. The Bertz CT molecular complexity index is 948. The van der Waals surface area contributed by atoms with Crippen LogP contribution in [-0.2, 0) is 6.18 Å². The van der Waals surface area contributed by atoms with Crippen LogP contribution in [0.15, 0.2) is 48.5 Å². The van der Waals surface area contributed by atoms with E-state index in [1.165, 1.54) is 24.3 Å². The van der Waals surface area contributed by atoms with Gasteiger partial charge in [-0.3, -0.25) is 4.79 Å². The minimum absolute atomic E-state index is 0.0106. The summed E-state index contributed by atoms with van der Waals surface area (Å²) in [5, 5.41) is 11.5. The molecule has 166 valence electrons. The molecule has 0 radical (unpaired) electrons. The Morgan fingerprint density at radius 3 is 2.32 bits per heavy atom. The van der Waals surface area contributed by atoms with E-state index in [1.54, 1.807) is 12.1 Å². The van der Waals surface area contributed by atoms with E-state index >= 15 is 0 Å².